The van der Waals surface area contributed by atoms with Gasteiger partial charge in [-0.3, -0.25) is 0 Å². The summed E-state index contributed by atoms with van der Waals surface area (Å²) < 4.78 is 0. The fourth-order valence-corrected chi connectivity index (χ4v) is 4.14. The Morgan fingerprint density at radius 1 is 0.514 bits per heavy atom. The number of hydrogen-bond acceptors (Lipinski definition) is 2. The van der Waals surface area contributed by atoms with E-state index >= 15 is 0 Å². The maximum absolute atomic E-state index is 9.24. The summed E-state index contributed by atoms with van der Waals surface area (Å²) in [7, 11) is 0. The highest BCUT2D eigenvalue weighted by Gasteiger charge is 2.18. The van der Waals surface area contributed by atoms with Crippen molar-refractivity contribution in [2.75, 3.05) is 0 Å². The molecule has 2 heteroatoms. The van der Waals surface area contributed by atoms with Crippen LogP contribution in [0, 0.1) is 28.1 Å². The first-order valence-electron chi connectivity index (χ1n) is 11.6. The van der Waals surface area contributed by atoms with E-state index in [9.17, 15) is 10.5 Å². The van der Waals surface area contributed by atoms with Crippen LogP contribution in [-0.4, -0.2) is 0 Å². The van der Waals surface area contributed by atoms with Gasteiger partial charge in [0.2, 0.25) is 0 Å². The van der Waals surface area contributed by atoms with Crippen molar-refractivity contribution in [1.29, 1.82) is 10.5 Å². The molecular formula is C33H26N2. The SMILES string of the molecule is CC(C)(C=C(c1ccccc1)c1ccccc1)C=C(c1ccc(C#N)cc1)c1ccc(C#N)cc1. The van der Waals surface area contributed by atoms with Crippen LogP contribution in [0.2, 0.25) is 0 Å². The van der Waals surface area contributed by atoms with E-state index in [1.807, 2.05) is 60.7 Å². The monoisotopic (exact) mass is 450 g/mol. The molecule has 0 atom stereocenters. The van der Waals surface area contributed by atoms with E-state index in [-0.39, 0.29) is 5.41 Å². The minimum atomic E-state index is -0.307. The van der Waals surface area contributed by atoms with Crippen LogP contribution < -0.4 is 0 Å². The van der Waals surface area contributed by atoms with E-state index < -0.39 is 0 Å². The lowest BCUT2D eigenvalue weighted by molar-refractivity contribution is 0.629. The Bertz CT molecular complexity index is 1330. The van der Waals surface area contributed by atoms with Crippen molar-refractivity contribution in [2.24, 2.45) is 5.41 Å². The lowest BCUT2D eigenvalue weighted by atomic mass is 9.82. The summed E-state index contributed by atoms with van der Waals surface area (Å²) in [4.78, 5) is 0. The van der Waals surface area contributed by atoms with Crippen LogP contribution in [0.4, 0.5) is 0 Å². The Balaban J connectivity index is 1.87. The van der Waals surface area contributed by atoms with E-state index in [4.69, 9.17) is 0 Å². The van der Waals surface area contributed by atoms with Crippen molar-refractivity contribution in [3.05, 3.63) is 155 Å². The summed E-state index contributed by atoms with van der Waals surface area (Å²) in [5.74, 6) is 0. The standard InChI is InChI=1S/C33H26N2/c1-33(2,21-31(27-9-5-3-6-10-27)28-11-7-4-8-12-28)22-32(29-17-13-25(23-34)14-18-29)30-19-15-26(24-35)16-20-30/h3-22H,1-2H3. The third-order valence-corrected chi connectivity index (χ3v) is 5.85. The van der Waals surface area contributed by atoms with Gasteiger partial charge in [-0.1, -0.05) is 111 Å². The third kappa shape index (κ3) is 5.83. The Kier molecular flexibility index (Phi) is 7.06. The molecule has 0 aromatic heterocycles. The molecule has 0 saturated carbocycles. The highest BCUT2D eigenvalue weighted by molar-refractivity contribution is 5.83. The Labute approximate surface area is 207 Å². The maximum Gasteiger partial charge on any atom is 0.0991 e. The zero-order chi connectivity index (χ0) is 24.7. The van der Waals surface area contributed by atoms with Gasteiger partial charge >= 0.3 is 0 Å². The summed E-state index contributed by atoms with van der Waals surface area (Å²) >= 11 is 0. The zero-order valence-corrected chi connectivity index (χ0v) is 19.9. The normalized spacial score (nSPS) is 10.5. The lowest BCUT2D eigenvalue weighted by Crippen LogP contribution is -2.07. The second kappa shape index (κ2) is 10.5. The summed E-state index contributed by atoms with van der Waals surface area (Å²) in [6.45, 7) is 4.40. The van der Waals surface area contributed by atoms with Crippen molar-refractivity contribution < 1.29 is 0 Å². The average molecular weight is 451 g/mol. The molecule has 0 unspecified atom stereocenters. The molecule has 0 saturated heterocycles. The molecule has 0 fully saturated rings. The third-order valence-electron chi connectivity index (χ3n) is 5.85. The fourth-order valence-electron chi connectivity index (χ4n) is 4.14. The molecule has 0 aliphatic rings. The highest BCUT2D eigenvalue weighted by atomic mass is 14.3. The smallest absolute Gasteiger partial charge is 0.0991 e. The first-order chi connectivity index (χ1) is 17.0. The summed E-state index contributed by atoms with van der Waals surface area (Å²) in [6, 6.07) is 40.6. The second-order valence-corrected chi connectivity index (χ2v) is 9.05. The molecule has 4 rings (SSSR count). The molecule has 0 aliphatic heterocycles. The largest absolute Gasteiger partial charge is 0.192 e. The van der Waals surface area contributed by atoms with E-state index in [0.29, 0.717) is 11.1 Å². The van der Waals surface area contributed by atoms with Crippen LogP contribution >= 0.6 is 0 Å². The van der Waals surface area contributed by atoms with Crippen molar-refractivity contribution >= 4 is 11.1 Å². The van der Waals surface area contributed by atoms with E-state index in [1.165, 1.54) is 16.7 Å². The lowest BCUT2D eigenvalue weighted by Gasteiger charge is -2.22. The van der Waals surface area contributed by atoms with E-state index in [2.05, 4.69) is 86.7 Å². The van der Waals surface area contributed by atoms with Gasteiger partial charge in [0.25, 0.3) is 0 Å². The molecule has 4 aromatic carbocycles. The summed E-state index contributed by atoms with van der Waals surface area (Å²) in [6.07, 6.45) is 4.58. The van der Waals surface area contributed by atoms with Crippen LogP contribution in [0.1, 0.15) is 47.2 Å². The molecule has 0 radical (unpaired) electrons. The Morgan fingerprint density at radius 3 is 1.14 bits per heavy atom. The number of rotatable bonds is 6. The van der Waals surface area contributed by atoms with Gasteiger partial charge in [0.05, 0.1) is 23.3 Å². The van der Waals surface area contributed by atoms with E-state index in [1.54, 1.807) is 0 Å². The van der Waals surface area contributed by atoms with Gasteiger partial charge in [0.15, 0.2) is 0 Å². The van der Waals surface area contributed by atoms with Gasteiger partial charge in [0, 0.05) is 5.41 Å². The second-order valence-electron chi connectivity index (χ2n) is 9.05. The predicted molar refractivity (Wildman–Crippen MR) is 143 cm³/mol. The summed E-state index contributed by atoms with van der Waals surface area (Å²) in [5.41, 5.74) is 7.56. The molecule has 0 heterocycles. The molecule has 0 amide bonds. The molecule has 0 aliphatic carbocycles. The number of allylic oxidation sites excluding steroid dienone is 2. The maximum atomic E-state index is 9.24. The Morgan fingerprint density at radius 2 is 0.829 bits per heavy atom. The highest BCUT2D eigenvalue weighted by Crippen LogP contribution is 2.35. The van der Waals surface area contributed by atoms with Gasteiger partial charge in [-0.25, -0.2) is 0 Å². The van der Waals surface area contributed by atoms with Crippen LogP contribution in [0.5, 0.6) is 0 Å². The molecular weight excluding hydrogens is 424 g/mol. The van der Waals surface area contributed by atoms with Crippen molar-refractivity contribution in [3.63, 3.8) is 0 Å². The number of nitrogens with zero attached hydrogens (tertiary/aromatic N) is 2. The molecule has 4 aromatic rings. The first kappa shape index (κ1) is 23.5. The van der Waals surface area contributed by atoms with Crippen molar-refractivity contribution in [2.45, 2.75) is 13.8 Å². The number of benzene rings is 4. The van der Waals surface area contributed by atoms with Crippen LogP contribution in [0.25, 0.3) is 11.1 Å². The first-order valence-corrected chi connectivity index (χ1v) is 11.6. The minimum Gasteiger partial charge on any atom is -0.192 e. The molecule has 0 bridgehead atoms. The fraction of sp³-hybridized carbons (Fsp3) is 0.0909. The van der Waals surface area contributed by atoms with Gasteiger partial charge in [-0.05, 0) is 57.7 Å². The van der Waals surface area contributed by atoms with Crippen molar-refractivity contribution in [1.82, 2.24) is 0 Å². The van der Waals surface area contributed by atoms with Gasteiger partial charge < -0.3 is 0 Å². The van der Waals surface area contributed by atoms with Crippen LogP contribution in [-0.2, 0) is 0 Å². The molecule has 2 nitrogen and oxygen atoms in total. The quantitative estimate of drug-likeness (QED) is 0.298. The minimum absolute atomic E-state index is 0.307. The van der Waals surface area contributed by atoms with E-state index in [0.717, 1.165) is 16.7 Å². The average Bonchev–Trinajstić information content (AvgIpc) is 2.92. The number of nitriles is 2. The topological polar surface area (TPSA) is 47.6 Å². The molecule has 0 spiro atoms. The van der Waals surface area contributed by atoms with Crippen molar-refractivity contribution in [3.8, 4) is 12.1 Å². The van der Waals surface area contributed by atoms with Gasteiger partial charge in [-0.2, -0.15) is 10.5 Å². The van der Waals surface area contributed by atoms with Crippen LogP contribution in [0.15, 0.2) is 121 Å². The van der Waals surface area contributed by atoms with Gasteiger partial charge in [-0.15, -0.1) is 0 Å². The summed E-state index contributed by atoms with van der Waals surface area (Å²) in [5, 5.41) is 18.5. The predicted octanol–water partition coefficient (Wildman–Crippen LogP) is 8.02. The molecule has 168 valence electrons. The zero-order valence-electron chi connectivity index (χ0n) is 19.9. The Hall–Kier alpha value is -4.66. The van der Waals surface area contributed by atoms with Crippen LogP contribution in [0.3, 0.4) is 0 Å². The molecule has 35 heavy (non-hydrogen) atoms. The number of hydrogen-bond donors (Lipinski definition) is 0. The van der Waals surface area contributed by atoms with Gasteiger partial charge in [0.1, 0.15) is 0 Å². The molecule has 0 N–H and O–H groups in total.